The van der Waals surface area contributed by atoms with E-state index in [1.54, 1.807) is 24.3 Å². The second kappa shape index (κ2) is 3.80. The molecule has 1 aromatic heterocycles. The first kappa shape index (κ1) is 11.5. The maximum absolute atomic E-state index is 13.7. The summed E-state index contributed by atoms with van der Waals surface area (Å²) < 4.78 is 27.4. The number of nitrogens with one attached hydrogen (secondary N) is 1. The van der Waals surface area contributed by atoms with Gasteiger partial charge in [0.1, 0.15) is 0 Å². The van der Waals surface area contributed by atoms with Crippen molar-refractivity contribution in [3.8, 4) is 0 Å². The lowest BCUT2D eigenvalue weighted by Crippen LogP contribution is -2.19. The van der Waals surface area contributed by atoms with Crippen LogP contribution in [0.15, 0.2) is 47.3 Å². The van der Waals surface area contributed by atoms with E-state index >= 15 is 0 Å². The maximum atomic E-state index is 13.7. The monoisotopic (exact) mass is 235 g/mol. The molecule has 17 heavy (non-hydrogen) atoms. The Kier molecular flexibility index (Phi) is 2.58. The number of alkyl halides is 2. The van der Waals surface area contributed by atoms with E-state index in [-0.39, 0.29) is 5.57 Å². The van der Waals surface area contributed by atoms with Crippen molar-refractivity contribution in [1.29, 1.82) is 0 Å². The number of halogens is 2. The number of allylic oxidation sites excluding steroid dienone is 1. The molecule has 1 aromatic carbocycles. The lowest BCUT2D eigenvalue weighted by atomic mass is 10.1. The zero-order valence-electron chi connectivity index (χ0n) is 9.26. The van der Waals surface area contributed by atoms with Crippen LogP contribution in [0.25, 0.3) is 10.9 Å². The van der Waals surface area contributed by atoms with Crippen LogP contribution in [0.3, 0.4) is 0 Å². The van der Waals surface area contributed by atoms with Gasteiger partial charge in [0.05, 0.1) is 5.69 Å². The predicted octanol–water partition coefficient (Wildman–Crippen LogP) is 3.20. The summed E-state index contributed by atoms with van der Waals surface area (Å²) in [6.07, 6.45) is 0. The van der Waals surface area contributed by atoms with Crippen LogP contribution < -0.4 is 5.43 Å². The van der Waals surface area contributed by atoms with Gasteiger partial charge in [-0.1, -0.05) is 18.7 Å². The molecule has 0 atom stereocenters. The van der Waals surface area contributed by atoms with Crippen molar-refractivity contribution in [3.05, 3.63) is 58.4 Å². The van der Waals surface area contributed by atoms with E-state index in [2.05, 4.69) is 11.6 Å². The fourth-order valence-electron chi connectivity index (χ4n) is 1.60. The van der Waals surface area contributed by atoms with E-state index in [9.17, 15) is 13.6 Å². The first-order chi connectivity index (χ1) is 7.93. The zero-order chi connectivity index (χ0) is 12.6. The molecule has 0 saturated carbocycles. The number of pyridine rings is 1. The summed E-state index contributed by atoms with van der Waals surface area (Å²) >= 11 is 0. The van der Waals surface area contributed by atoms with E-state index < -0.39 is 17.0 Å². The highest BCUT2D eigenvalue weighted by Gasteiger charge is 2.34. The predicted molar refractivity (Wildman–Crippen MR) is 63.3 cm³/mol. The summed E-state index contributed by atoms with van der Waals surface area (Å²) in [6, 6.07) is 7.48. The molecule has 4 heteroatoms. The van der Waals surface area contributed by atoms with Gasteiger partial charge < -0.3 is 4.98 Å². The molecule has 2 nitrogen and oxygen atoms in total. The minimum absolute atomic E-state index is 0.302. The fourth-order valence-corrected chi connectivity index (χ4v) is 1.60. The molecular formula is C13H11F2NO. The minimum atomic E-state index is -3.22. The van der Waals surface area contributed by atoms with Gasteiger partial charge >= 0.3 is 5.92 Å². The molecule has 0 aliphatic carbocycles. The number of para-hydroxylation sites is 1. The van der Waals surface area contributed by atoms with Gasteiger partial charge in [-0.3, -0.25) is 4.79 Å². The number of benzene rings is 1. The van der Waals surface area contributed by atoms with Gasteiger partial charge in [-0.05, 0) is 24.6 Å². The van der Waals surface area contributed by atoms with E-state index in [1.165, 1.54) is 6.92 Å². The third-order valence-electron chi connectivity index (χ3n) is 2.61. The van der Waals surface area contributed by atoms with Gasteiger partial charge in [-0.25, -0.2) is 0 Å². The molecule has 0 amide bonds. The van der Waals surface area contributed by atoms with Crippen molar-refractivity contribution >= 4 is 10.9 Å². The average molecular weight is 235 g/mol. The SMILES string of the molecule is C=C(C)C(F)(F)c1cc(=O)c2ccccc2[nH]1. The van der Waals surface area contributed by atoms with E-state index in [0.29, 0.717) is 10.9 Å². The van der Waals surface area contributed by atoms with Crippen LogP contribution in [0, 0.1) is 0 Å². The Balaban J connectivity index is 2.74. The van der Waals surface area contributed by atoms with Crippen LogP contribution in [0.5, 0.6) is 0 Å². The Bertz CT molecular complexity index is 643. The normalized spacial score (nSPS) is 11.7. The average Bonchev–Trinajstić information content (AvgIpc) is 2.28. The van der Waals surface area contributed by atoms with Crippen LogP contribution in [-0.2, 0) is 5.92 Å². The van der Waals surface area contributed by atoms with Gasteiger partial charge in [0.15, 0.2) is 5.43 Å². The van der Waals surface area contributed by atoms with Crippen molar-refractivity contribution in [2.45, 2.75) is 12.8 Å². The summed E-state index contributed by atoms with van der Waals surface area (Å²) in [5.74, 6) is -3.22. The number of fused-ring (bicyclic) bond motifs is 1. The number of rotatable bonds is 2. The number of H-pyrrole nitrogens is 1. The molecule has 0 fully saturated rings. The zero-order valence-corrected chi connectivity index (χ0v) is 9.26. The van der Waals surface area contributed by atoms with Crippen LogP contribution >= 0.6 is 0 Å². The number of aromatic nitrogens is 1. The van der Waals surface area contributed by atoms with Crippen LogP contribution in [0.2, 0.25) is 0 Å². The van der Waals surface area contributed by atoms with E-state index in [0.717, 1.165) is 6.07 Å². The number of aromatic amines is 1. The minimum Gasteiger partial charge on any atom is -0.353 e. The van der Waals surface area contributed by atoms with Crippen LogP contribution in [0.4, 0.5) is 8.78 Å². The fraction of sp³-hybridized carbons (Fsp3) is 0.154. The summed E-state index contributed by atoms with van der Waals surface area (Å²) in [5, 5.41) is 0.397. The molecule has 0 saturated heterocycles. The Morgan fingerprint density at radius 3 is 2.65 bits per heavy atom. The molecule has 0 spiro atoms. The van der Waals surface area contributed by atoms with Crippen molar-refractivity contribution < 1.29 is 8.78 Å². The topological polar surface area (TPSA) is 32.9 Å². The Morgan fingerprint density at radius 2 is 2.00 bits per heavy atom. The summed E-state index contributed by atoms with van der Waals surface area (Å²) in [7, 11) is 0. The Morgan fingerprint density at radius 1 is 1.35 bits per heavy atom. The second-order valence-electron chi connectivity index (χ2n) is 3.95. The van der Waals surface area contributed by atoms with Crippen molar-refractivity contribution in [3.63, 3.8) is 0 Å². The van der Waals surface area contributed by atoms with Gasteiger partial charge in [0.25, 0.3) is 0 Å². The third kappa shape index (κ3) is 1.86. The summed E-state index contributed by atoms with van der Waals surface area (Å²) in [5.41, 5.74) is -0.747. The van der Waals surface area contributed by atoms with Crippen LogP contribution in [0.1, 0.15) is 12.6 Å². The van der Waals surface area contributed by atoms with Gasteiger partial charge in [-0.2, -0.15) is 8.78 Å². The molecule has 2 rings (SSSR count). The van der Waals surface area contributed by atoms with Crippen molar-refractivity contribution in [2.24, 2.45) is 0 Å². The van der Waals surface area contributed by atoms with Crippen molar-refractivity contribution in [2.75, 3.05) is 0 Å². The van der Waals surface area contributed by atoms with Gasteiger partial charge in [0.2, 0.25) is 0 Å². The number of hydrogen-bond acceptors (Lipinski definition) is 1. The third-order valence-corrected chi connectivity index (χ3v) is 2.61. The number of hydrogen-bond donors (Lipinski definition) is 1. The molecule has 2 aromatic rings. The molecule has 0 unspecified atom stereocenters. The summed E-state index contributed by atoms with van der Waals surface area (Å²) in [6.45, 7) is 4.47. The van der Waals surface area contributed by atoms with Crippen molar-refractivity contribution in [1.82, 2.24) is 4.98 Å². The molecule has 0 radical (unpaired) electrons. The Labute approximate surface area is 96.6 Å². The largest absolute Gasteiger partial charge is 0.353 e. The standard InChI is InChI=1S/C13H11F2NO/c1-8(2)13(14,15)12-7-11(17)9-5-3-4-6-10(9)16-12/h3-7H,1H2,2H3,(H,16,17). The maximum Gasteiger partial charge on any atom is 0.308 e. The van der Waals surface area contributed by atoms with Gasteiger partial charge in [-0.15, -0.1) is 0 Å². The van der Waals surface area contributed by atoms with Crippen LogP contribution in [-0.4, -0.2) is 4.98 Å². The molecule has 0 aliphatic rings. The quantitative estimate of drug-likeness (QED) is 0.796. The van der Waals surface area contributed by atoms with E-state index in [1.807, 2.05) is 0 Å². The van der Waals surface area contributed by atoms with Gasteiger partial charge in [0, 0.05) is 17.0 Å². The second-order valence-corrected chi connectivity index (χ2v) is 3.95. The molecule has 1 heterocycles. The molecule has 0 bridgehead atoms. The molecule has 0 aliphatic heterocycles. The highest BCUT2D eigenvalue weighted by Crippen LogP contribution is 2.33. The molecule has 1 N–H and O–H groups in total. The molecular weight excluding hydrogens is 224 g/mol. The highest BCUT2D eigenvalue weighted by molar-refractivity contribution is 5.78. The lowest BCUT2D eigenvalue weighted by Gasteiger charge is -2.16. The Hall–Kier alpha value is -1.97. The molecule has 88 valence electrons. The van der Waals surface area contributed by atoms with E-state index in [4.69, 9.17) is 0 Å². The first-order valence-electron chi connectivity index (χ1n) is 5.09. The lowest BCUT2D eigenvalue weighted by molar-refractivity contribution is 0.0340. The summed E-state index contributed by atoms with van der Waals surface area (Å²) in [4.78, 5) is 14.3. The smallest absolute Gasteiger partial charge is 0.308 e. The highest BCUT2D eigenvalue weighted by atomic mass is 19.3. The first-order valence-corrected chi connectivity index (χ1v) is 5.09.